The van der Waals surface area contributed by atoms with Crippen molar-refractivity contribution in [2.45, 2.75) is 40.2 Å². The van der Waals surface area contributed by atoms with Gasteiger partial charge in [-0.1, -0.05) is 17.4 Å². The van der Waals surface area contributed by atoms with E-state index in [1.54, 1.807) is 11.1 Å². The van der Waals surface area contributed by atoms with Crippen LogP contribution in [0.1, 0.15) is 39.6 Å². The Kier molecular flexibility index (Phi) is 5.44. The monoisotopic (exact) mass is 295 g/mol. The minimum Gasteiger partial charge on any atom is -0.443 e. The van der Waals surface area contributed by atoms with Crippen molar-refractivity contribution < 1.29 is 9.53 Å². The van der Waals surface area contributed by atoms with Gasteiger partial charge in [-0.15, -0.1) is 0 Å². The molecule has 1 amide bonds. The summed E-state index contributed by atoms with van der Waals surface area (Å²) in [6.45, 7) is 9.76. The van der Waals surface area contributed by atoms with E-state index in [4.69, 9.17) is 10.1 Å². The predicted molar refractivity (Wildman–Crippen MR) is 83.8 cm³/mol. The van der Waals surface area contributed by atoms with Gasteiger partial charge in [0.15, 0.2) is 0 Å². The third kappa shape index (κ3) is 4.16. The van der Waals surface area contributed by atoms with Crippen molar-refractivity contribution in [3.05, 3.63) is 17.3 Å². The first-order valence-corrected chi connectivity index (χ1v) is 7.27. The zero-order valence-electron chi connectivity index (χ0n) is 12.6. The van der Waals surface area contributed by atoms with Gasteiger partial charge in [0.05, 0.1) is 6.20 Å². The summed E-state index contributed by atoms with van der Waals surface area (Å²) in [6, 6.07) is 0. The molecule has 1 heterocycles. The highest BCUT2D eigenvalue weighted by Crippen LogP contribution is 2.28. The summed E-state index contributed by atoms with van der Waals surface area (Å²) in [5.74, 6) is 0. The van der Waals surface area contributed by atoms with Crippen LogP contribution >= 0.6 is 11.3 Å². The van der Waals surface area contributed by atoms with Crippen molar-refractivity contribution in [2.75, 3.05) is 11.4 Å². The average Bonchev–Trinajstić information content (AvgIpc) is 2.78. The van der Waals surface area contributed by atoms with Crippen LogP contribution in [0.15, 0.2) is 12.3 Å². The topological polar surface area (TPSA) is 66.3 Å². The highest BCUT2D eigenvalue weighted by molar-refractivity contribution is 7.17. The molecule has 0 saturated heterocycles. The van der Waals surface area contributed by atoms with Crippen LogP contribution in [0.3, 0.4) is 0 Å². The molecular formula is C14H21N3O2S. The molecule has 5 nitrogen and oxygen atoms in total. The second-order valence-electron chi connectivity index (χ2n) is 5.12. The molecule has 0 unspecified atom stereocenters. The highest BCUT2D eigenvalue weighted by Gasteiger charge is 2.23. The van der Waals surface area contributed by atoms with Gasteiger partial charge < -0.3 is 10.1 Å². The summed E-state index contributed by atoms with van der Waals surface area (Å²) in [5.41, 5.74) is 0.211. The number of amides is 1. The molecule has 0 aliphatic rings. The van der Waals surface area contributed by atoms with Crippen molar-refractivity contribution in [1.29, 1.82) is 5.41 Å². The zero-order valence-corrected chi connectivity index (χ0v) is 13.4. The summed E-state index contributed by atoms with van der Waals surface area (Å²) < 4.78 is 5.37. The Morgan fingerprint density at radius 3 is 2.65 bits per heavy atom. The van der Waals surface area contributed by atoms with Gasteiger partial charge >= 0.3 is 6.09 Å². The number of hydrogen-bond acceptors (Lipinski definition) is 5. The van der Waals surface area contributed by atoms with Gasteiger partial charge in [0.25, 0.3) is 0 Å². The number of rotatable bonds is 4. The van der Waals surface area contributed by atoms with E-state index in [1.807, 2.05) is 40.7 Å². The van der Waals surface area contributed by atoms with Gasteiger partial charge in [-0.25, -0.2) is 9.78 Å². The van der Waals surface area contributed by atoms with Crippen LogP contribution in [-0.4, -0.2) is 29.4 Å². The quantitative estimate of drug-likeness (QED) is 0.855. The Balaban J connectivity index is 2.97. The van der Waals surface area contributed by atoms with E-state index in [-0.39, 0.29) is 6.09 Å². The molecule has 110 valence electrons. The Hall–Kier alpha value is -1.69. The van der Waals surface area contributed by atoms with Crippen LogP contribution < -0.4 is 4.90 Å². The molecule has 1 rings (SSSR count). The molecule has 20 heavy (non-hydrogen) atoms. The fourth-order valence-electron chi connectivity index (χ4n) is 1.48. The van der Waals surface area contributed by atoms with Crippen LogP contribution in [0.4, 0.5) is 9.80 Å². The number of thiazole rings is 1. The lowest BCUT2D eigenvalue weighted by Crippen LogP contribution is -2.36. The molecule has 6 heteroatoms. The standard InChI is InChI=1S/C14H21N3O2S/c1-6-10(8-15)12-16-9-11(20-12)17(7-2)13(18)19-14(3,4)5/h6,8-9,15H,7H2,1-5H3. The number of nitrogens with one attached hydrogen (secondary N) is 1. The summed E-state index contributed by atoms with van der Waals surface area (Å²) in [7, 11) is 0. The third-order valence-corrected chi connectivity index (χ3v) is 3.47. The van der Waals surface area contributed by atoms with Crippen LogP contribution in [-0.2, 0) is 4.74 Å². The number of nitrogens with zero attached hydrogens (tertiary/aromatic N) is 2. The lowest BCUT2D eigenvalue weighted by atomic mass is 10.2. The Morgan fingerprint density at radius 1 is 1.55 bits per heavy atom. The third-order valence-electron chi connectivity index (χ3n) is 2.40. The molecule has 0 aliphatic carbocycles. The first-order valence-electron chi connectivity index (χ1n) is 6.46. The Bertz CT molecular complexity index is 515. The number of carbonyl (C=O) groups excluding carboxylic acids is 1. The molecule has 1 N–H and O–H groups in total. The highest BCUT2D eigenvalue weighted by atomic mass is 32.1. The number of aromatic nitrogens is 1. The Labute approximate surface area is 123 Å². The van der Waals surface area contributed by atoms with E-state index in [9.17, 15) is 4.79 Å². The number of hydrogen-bond donors (Lipinski definition) is 1. The first-order chi connectivity index (χ1) is 9.32. The van der Waals surface area contributed by atoms with Gasteiger partial charge in [-0.05, 0) is 34.6 Å². The van der Waals surface area contributed by atoms with Crippen molar-refractivity contribution >= 4 is 34.2 Å². The van der Waals surface area contributed by atoms with Crippen LogP contribution in [0, 0.1) is 5.41 Å². The minimum absolute atomic E-state index is 0.382. The maximum Gasteiger partial charge on any atom is 0.415 e. The summed E-state index contributed by atoms with van der Waals surface area (Å²) in [5, 5.41) is 8.77. The molecule has 0 fully saturated rings. The number of carbonyl (C=O) groups is 1. The molecule has 1 aromatic heterocycles. The summed E-state index contributed by atoms with van der Waals surface area (Å²) in [6.07, 6.45) is 4.33. The number of allylic oxidation sites excluding steroid dienone is 2. The molecule has 0 radical (unpaired) electrons. The van der Waals surface area contributed by atoms with Crippen molar-refractivity contribution in [3.8, 4) is 0 Å². The molecule has 0 saturated carbocycles. The molecule has 0 atom stereocenters. The maximum atomic E-state index is 12.1. The lowest BCUT2D eigenvalue weighted by molar-refractivity contribution is 0.0583. The fraction of sp³-hybridized carbons (Fsp3) is 0.500. The van der Waals surface area contributed by atoms with Crippen LogP contribution in [0.2, 0.25) is 0 Å². The van der Waals surface area contributed by atoms with Crippen LogP contribution in [0.25, 0.3) is 5.57 Å². The van der Waals surface area contributed by atoms with E-state index in [0.717, 1.165) is 15.6 Å². The van der Waals surface area contributed by atoms with E-state index in [2.05, 4.69) is 4.98 Å². The normalized spacial score (nSPS) is 12.2. The molecule has 0 aliphatic heterocycles. The van der Waals surface area contributed by atoms with E-state index in [1.165, 1.54) is 17.6 Å². The van der Waals surface area contributed by atoms with Gasteiger partial charge in [0.2, 0.25) is 0 Å². The second kappa shape index (κ2) is 6.65. The second-order valence-corrected chi connectivity index (χ2v) is 6.13. The largest absolute Gasteiger partial charge is 0.443 e. The molecule has 0 aromatic carbocycles. The van der Waals surface area contributed by atoms with Gasteiger partial charge in [0, 0.05) is 18.3 Å². The van der Waals surface area contributed by atoms with Gasteiger partial charge in [-0.2, -0.15) is 0 Å². The first kappa shape index (κ1) is 16.4. The van der Waals surface area contributed by atoms with Crippen molar-refractivity contribution in [3.63, 3.8) is 0 Å². The Morgan fingerprint density at radius 2 is 2.20 bits per heavy atom. The molecule has 0 bridgehead atoms. The van der Waals surface area contributed by atoms with E-state index >= 15 is 0 Å². The average molecular weight is 295 g/mol. The number of ether oxygens (including phenoxy) is 1. The summed E-state index contributed by atoms with van der Waals surface area (Å²) in [4.78, 5) is 17.9. The molecule has 1 aromatic rings. The van der Waals surface area contributed by atoms with E-state index in [0.29, 0.717) is 6.54 Å². The predicted octanol–water partition coefficient (Wildman–Crippen LogP) is 3.96. The lowest BCUT2D eigenvalue weighted by Gasteiger charge is -2.25. The van der Waals surface area contributed by atoms with Gasteiger partial charge in [-0.3, -0.25) is 4.90 Å². The van der Waals surface area contributed by atoms with Gasteiger partial charge in [0.1, 0.15) is 15.6 Å². The maximum absolute atomic E-state index is 12.1. The van der Waals surface area contributed by atoms with Crippen molar-refractivity contribution in [1.82, 2.24) is 4.98 Å². The van der Waals surface area contributed by atoms with E-state index < -0.39 is 5.60 Å². The number of anilines is 1. The molecule has 0 spiro atoms. The minimum atomic E-state index is -0.526. The SMILES string of the molecule is CC=C(C=N)c1ncc(N(CC)C(=O)OC(C)(C)C)s1. The summed E-state index contributed by atoms with van der Waals surface area (Å²) >= 11 is 1.37. The fourth-order valence-corrected chi connectivity index (χ4v) is 2.50. The molecular weight excluding hydrogens is 274 g/mol. The zero-order chi connectivity index (χ0) is 15.3. The smallest absolute Gasteiger partial charge is 0.415 e. The van der Waals surface area contributed by atoms with Crippen LogP contribution in [0.5, 0.6) is 0 Å². The van der Waals surface area contributed by atoms with Crippen molar-refractivity contribution in [2.24, 2.45) is 0 Å².